The number of carbonyl (C=O) groups is 1. The molecule has 1 aromatic carbocycles. The molecule has 112 valence electrons. The fourth-order valence-electron chi connectivity index (χ4n) is 2.27. The Balaban J connectivity index is 2.18. The first-order valence-electron chi connectivity index (χ1n) is 7.63. The van der Waals surface area contributed by atoms with Crippen molar-refractivity contribution < 1.29 is 4.79 Å². The van der Waals surface area contributed by atoms with Crippen molar-refractivity contribution in [3.63, 3.8) is 0 Å². The highest BCUT2D eigenvalue weighted by Crippen LogP contribution is 2.23. The molecule has 0 fully saturated rings. The number of unbranched alkanes of at least 4 members (excludes halogenated alkanes) is 7. The molecule has 0 N–H and O–H groups in total. The van der Waals surface area contributed by atoms with Crippen LogP contribution in [0.25, 0.3) is 0 Å². The fraction of sp³-hybridized carbons (Fsp3) is 0.588. The molecule has 1 aromatic rings. The van der Waals surface area contributed by atoms with Crippen LogP contribution < -0.4 is 0 Å². The van der Waals surface area contributed by atoms with Crippen LogP contribution >= 0.6 is 27.5 Å². The van der Waals surface area contributed by atoms with E-state index >= 15 is 0 Å². The number of carbonyl (C=O) groups excluding carboxylic acids is 1. The van der Waals surface area contributed by atoms with Gasteiger partial charge in [-0.25, -0.2) is 0 Å². The monoisotopic (exact) mass is 358 g/mol. The molecule has 3 heteroatoms. The molecule has 0 bridgehead atoms. The van der Waals surface area contributed by atoms with Crippen molar-refractivity contribution in [3.8, 4) is 0 Å². The van der Waals surface area contributed by atoms with Crippen molar-refractivity contribution in [2.45, 2.75) is 64.7 Å². The highest BCUT2D eigenvalue weighted by molar-refractivity contribution is 9.10. The van der Waals surface area contributed by atoms with Gasteiger partial charge in [-0.05, 0) is 24.6 Å². The molecule has 0 aliphatic carbocycles. The maximum Gasteiger partial charge on any atom is 0.164 e. The minimum atomic E-state index is 0.186. The van der Waals surface area contributed by atoms with Crippen molar-refractivity contribution in [1.82, 2.24) is 0 Å². The summed E-state index contributed by atoms with van der Waals surface area (Å²) in [6.07, 6.45) is 10.6. The molecule has 0 radical (unpaired) electrons. The molecule has 1 rings (SSSR count). The number of rotatable bonds is 10. The lowest BCUT2D eigenvalue weighted by atomic mass is 10.0. The summed E-state index contributed by atoms with van der Waals surface area (Å²) < 4.78 is 0.839. The molecule has 20 heavy (non-hydrogen) atoms. The van der Waals surface area contributed by atoms with Crippen molar-refractivity contribution >= 4 is 33.3 Å². The van der Waals surface area contributed by atoms with Crippen LogP contribution in [0.2, 0.25) is 5.02 Å². The predicted octanol–water partition coefficient (Wildman–Crippen LogP) is 6.82. The smallest absolute Gasteiger partial charge is 0.164 e. The first kappa shape index (κ1) is 17.7. The molecule has 0 aliphatic heterocycles. The van der Waals surface area contributed by atoms with Gasteiger partial charge in [-0.2, -0.15) is 0 Å². The summed E-state index contributed by atoms with van der Waals surface area (Å²) >= 11 is 9.34. The third-order valence-electron chi connectivity index (χ3n) is 3.49. The molecule has 0 saturated heterocycles. The Bertz CT molecular complexity index is 417. The summed E-state index contributed by atoms with van der Waals surface area (Å²) in [4.78, 5) is 12.1. The van der Waals surface area contributed by atoms with Gasteiger partial charge in [0.05, 0.1) is 0 Å². The Hall–Kier alpha value is -0.340. The quantitative estimate of drug-likeness (QED) is 0.331. The normalized spacial score (nSPS) is 10.8. The molecule has 0 spiro atoms. The zero-order valence-electron chi connectivity index (χ0n) is 12.3. The fourth-order valence-corrected chi connectivity index (χ4v) is 2.91. The third kappa shape index (κ3) is 6.90. The summed E-state index contributed by atoms with van der Waals surface area (Å²) in [7, 11) is 0. The number of ketones is 1. The average molecular weight is 360 g/mol. The number of hydrogen-bond acceptors (Lipinski definition) is 1. The van der Waals surface area contributed by atoms with Gasteiger partial charge >= 0.3 is 0 Å². The van der Waals surface area contributed by atoms with Crippen LogP contribution in [0.5, 0.6) is 0 Å². The van der Waals surface area contributed by atoms with Crippen LogP contribution in [0, 0.1) is 0 Å². The Morgan fingerprint density at radius 1 is 1.05 bits per heavy atom. The highest BCUT2D eigenvalue weighted by Gasteiger charge is 2.10. The molecule has 0 aromatic heterocycles. The van der Waals surface area contributed by atoms with E-state index in [2.05, 4.69) is 22.9 Å². The lowest BCUT2D eigenvalue weighted by Crippen LogP contribution is -2.00. The van der Waals surface area contributed by atoms with Crippen molar-refractivity contribution in [1.29, 1.82) is 0 Å². The van der Waals surface area contributed by atoms with Crippen molar-refractivity contribution in [2.75, 3.05) is 0 Å². The van der Waals surface area contributed by atoms with E-state index in [-0.39, 0.29) is 5.78 Å². The molecule has 0 atom stereocenters. The van der Waals surface area contributed by atoms with Gasteiger partial charge in [-0.1, -0.05) is 79.4 Å². The predicted molar refractivity (Wildman–Crippen MR) is 90.7 cm³/mol. The summed E-state index contributed by atoms with van der Waals surface area (Å²) in [5.41, 5.74) is 0.709. The lowest BCUT2D eigenvalue weighted by molar-refractivity contribution is 0.0978. The average Bonchev–Trinajstić information content (AvgIpc) is 2.44. The zero-order chi connectivity index (χ0) is 14.8. The van der Waals surface area contributed by atoms with Gasteiger partial charge in [-0.15, -0.1) is 0 Å². The standard InChI is InChI=1S/C17H24BrClO/c1-2-3-4-5-6-7-8-9-10-17(20)15-13-14(19)11-12-16(15)18/h11-13H,2-10H2,1H3. The minimum Gasteiger partial charge on any atom is -0.294 e. The molecule has 1 nitrogen and oxygen atoms in total. The van der Waals surface area contributed by atoms with E-state index in [0.29, 0.717) is 17.0 Å². The maximum atomic E-state index is 12.1. The van der Waals surface area contributed by atoms with Gasteiger partial charge in [0, 0.05) is 21.5 Å². The van der Waals surface area contributed by atoms with Crippen molar-refractivity contribution in [3.05, 3.63) is 33.3 Å². The van der Waals surface area contributed by atoms with Gasteiger partial charge in [0.15, 0.2) is 5.78 Å². The highest BCUT2D eigenvalue weighted by atomic mass is 79.9. The van der Waals surface area contributed by atoms with Crippen LogP contribution in [0.4, 0.5) is 0 Å². The largest absolute Gasteiger partial charge is 0.294 e. The second-order valence-corrected chi connectivity index (χ2v) is 6.56. The summed E-state index contributed by atoms with van der Waals surface area (Å²) in [5, 5.41) is 0.618. The van der Waals surface area contributed by atoms with Gasteiger partial charge in [0.25, 0.3) is 0 Å². The van der Waals surface area contributed by atoms with Gasteiger partial charge in [0.1, 0.15) is 0 Å². The maximum absolute atomic E-state index is 12.1. The van der Waals surface area contributed by atoms with E-state index in [9.17, 15) is 4.79 Å². The van der Waals surface area contributed by atoms with Crippen LogP contribution in [0.3, 0.4) is 0 Å². The van der Waals surface area contributed by atoms with Gasteiger partial charge in [-0.3, -0.25) is 4.79 Å². The Kier molecular flexibility index (Phi) is 9.21. The second-order valence-electron chi connectivity index (χ2n) is 5.27. The third-order valence-corrected chi connectivity index (χ3v) is 4.41. The molecule has 0 aliphatic rings. The SMILES string of the molecule is CCCCCCCCCCC(=O)c1cc(Cl)ccc1Br. The Labute approximate surface area is 136 Å². The zero-order valence-corrected chi connectivity index (χ0v) is 14.6. The van der Waals surface area contributed by atoms with Crippen molar-refractivity contribution in [2.24, 2.45) is 0 Å². The van der Waals surface area contributed by atoms with E-state index in [1.807, 2.05) is 6.07 Å². The minimum absolute atomic E-state index is 0.186. The van der Waals surface area contributed by atoms with Crippen LogP contribution in [-0.4, -0.2) is 5.78 Å². The van der Waals surface area contributed by atoms with E-state index in [4.69, 9.17) is 11.6 Å². The number of halogens is 2. The Morgan fingerprint density at radius 2 is 1.65 bits per heavy atom. The molecule has 0 amide bonds. The summed E-state index contributed by atoms with van der Waals surface area (Å²) in [5.74, 6) is 0.186. The van der Waals surface area contributed by atoms with Gasteiger partial charge in [0.2, 0.25) is 0 Å². The number of Topliss-reactive ketones (excluding diaryl/α,β-unsaturated/α-hetero) is 1. The molecular weight excluding hydrogens is 336 g/mol. The van der Waals surface area contributed by atoms with E-state index in [1.54, 1.807) is 12.1 Å². The van der Waals surface area contributed by atoms with Crippen LogP contribution in [-0.2, 0) is 0 Å². The summed E-state index contributed by atoms with van der Waals surface area (Å²) in [6, 6.07) is 5.38. The second kappa shape index (κ2) is 10.4. The molecule has 0 saturated carbocycles. The van der Waals surface area contributed by atoms with E-state index < -0.39 is 0 Å². The van der Waals surface area contributed by atoms with Gasteiger partial charge < -0.3 is 0 Å². The molecule has 0 heterocycles. The molecule has 0 unspecified atom stereocenters. The first-order chi connectivity index (χ1) is 9.65. The number of benzene rings is 1. The topological polar surface area (TPSA) is 17.1 Å². The first-order valence-corrected chi connectivity index (χ1v) is 8.80. The van der Waals surface area contributed by atoms with E-state index in [1.165, 1.54) is 38.5 Å². The lowest BCUT2D eigenvalue weighted by Gasteiger charge is -2.05. The van der Waals surface area contributed by atoms with E-state index in [0.717, 1.165) is 17.3 Å². The summed E-state index contributed by atoms with van der Waals surface area (Å²) in [6.45, 7) is 2.24. The Morgan fingerprint density at radius 3 is 2.30 bits per heavy atom. The number of hydrogen-bond donors (Lipinski definition) is 0. The van der Waals surface area contributed by atoms with Crippen LogP contribution in [0.15, 0.2) is 22.7 Å². The van der Waals surface area contributed by atoms with Crippen LogP contribution in [0.1, 0.15) is 75.1 Å². The molecular formula is C17H24BrClO.